The number of nitrogens with zero attached hydrogens (tertiary/aromatic N) is 4. The maximum absolute atomic E-state index is 12.8. The van der Waals surface area contributed by atoms with Gasteiger partial charge < -0.3 is 13.8 Å². The quantitative estimate of drug-likeness (QED) is 0.719. The van der Waals surface area contributed by atoms with Crippen molar-refractivity contribution < 1.29 is 17.7 Å². The number of hydrogen-bond donors (Lipinski definition) is 1. The van der Waals surface area contributed by atoms with Gasteiger partial charge in [0.05, 0.1) is 18.8 Å². The molecule has 0 saturated carbocycles. The number of rotatable bonds is 4. The maximum atomic E-state index is 12.8. The molecule has 0 amide bonds. The molecule has 26 heavy (non-hydrogen) atoms. The van der Waals surface area contributed by atoms with E-state index in [1.54, 1.807) is 25.5 Å². The van der Waals surface area contributed by atoms with Crippen molar-refractivity contribution in [1.82, 2.24) is 19.7 Å². The second kappa shape index (κ2) is 6.18. The zero-order chi connectivity index (χ0) is 18.5. The minimum Gasteiger partial charge on any atom is -0.376 e. The van der Waals surface area contributed by atoms with Crippen molar-refractivity contribution in [2.24, 2.45) is 7.05 Å². The van der Waals surface area contributed by atoms with Crippen molar-refractivity contribution >= 4 is 26.4 Å². The monoisotopic (exact) mass is 395 g/mol. The van der Waals surface area contributed by atoms with Crippen molar-refractivity contribution in [3.05, 3.63) is 28.3 Å². The molecule has 1 aliphatic heterocycles. The number of thiophene rings is 1. The van der Waals surface area contributed by atoms with E-state index in [9.17, 15) is 8.42 Å². The van der Waals surface area contributed by atoms with E-state index < -0.39 is 10.0 Å². The van der Waals surface area contributed by atoms with Gasteiger partial charge >= 0.3 is 0 Å². The molecule has 0 saturated heterocycles. The van der Waals surface area contributed by atoms with Gasteiger partial charge in [-0.2, -0.15) is 13.4 Å². The SMILES string of the molecule is Cc1noc(-c2c(NS(=O)(=O)c3cn(C)c(C)n3)sc3c2CCOC3)n1. The first-order chi connectivity index (χ1) is 12.3. The van der Waals surface area contributed by atoms with Crippen molar-refractivity contribution in [2.75, 3.05) is 11.3 Å². The molecule has 4 heterocycles. The fourth-order valence-electron chi connectivity index (χ4n) is 2.76. The summed E-state index contributed by atoms with van der Waals surface area (Å²) < 4.78 is 40.7. The summed E-state index contributed by atoms with van der Waals surface area (Å²) in [6.07, 6.45) is 2.14. The first kappa shape index (κ1) is 17.2. The molecule has 0 fully saturated rings. The second-order valence-corrected chi connectivity index (χ2v) is 8.73. The highest BCUT2D eigenvalue weighted by molar-refractivity contribution is 7.92. The van der Waals surface area contributed by atoms with E-state index in [4.69, 9.17) is 9.26 Å². The lowest BCUT2D eigenvalue weighted by Crippen LogP contribution is -2.13. The van der Waals surface area contributed by atoms with Gasteiger partial charge in [0.15, 0.2) is 10.9 Å². The highest BCUT2D eigenvalue weighted by Crippen LogP contribution is 2.43. The molecule has 0 bridgehead atoms. The van der Waals surface area contributed by atoms with Crippen LogP contribution in [0.15, 0.2) is 15.7 Å². The van der Waals surface area contributed by atoms with Crippen molar-refractivity contribution in [3.63, 3.8) is 0 Å². The van der Waals surface area contributed by atoms with Crippen LogP contribution in [-0.4, -0.2) is 34.7 Å². The lowest BCUT2D eigenvalue weighted by atomic mass is 10.1. The second-order valence-electron chi connectivity index (χ2n) is 6.00. The molecule has 0 unspecified atom stereocenters. The predicted molar refractivity (Wildman–Crippen MR) is 94.5 cm³/mol. The van der Waals surface area contributed by atoms with Crippen LogP contribution in [0, 0.1) is 13.8 Å². The number of aromatic nitrogens is 4. The van der Waals surface area contributed by atoms with Gasteiger partial charge in [0.1, 0.15) is 10.8 Å². The van der Waals surface area contributed by atoms with E-state index in [2.05, 4.69) is 19.8 Å². The Bertz CT molecular complexity index is 1060. The third kappa shape index (κ3) is 2.91. The van der Waals surface area contributed by atoms with Crippen LogP contribution in [0.4, 0.5) is 5.00 Å². The summed E-state index contributed by atoms with van der Waals surface area (Å²) in [5.74, 6) is 1.40. The Labute approximate surface area is 154 Å². The van der Waals surface area contributed by atoms with Gasteiger partial charge in [0, 0.05) is 18.1 Å². The summed E-state index contributed by atoms with van der Waals surface area (Å²) in [5.41, 5.74) is 1.62. The minimum atomic E-state index is -3.84. The molecular weight excluding hydrogens is 378 g/mol. The fourth-order valence-corrected chi connectivity index (χ4v) is 5.28. The van der Waals surface area contributed by atoms with Gasteiger partial charge in [0.2, 0.25) is 0 Å². The number of ether oxygens (including phenoxy) is 1. The van der Waals surface area contributed by atoms with E-state index in [1.165, 1.54) is 17.5 Å². The van der Waals surface area contributed by atoms with Gasteiger partial charge in [-0.25, -0.2) is 4.98 Å². The molecule has 4 rings (SSSR count). The van der Waals surface area contributed by atoms with Crippen molar-refractivity contribution in [1.29, 1.82) is 0 Å². The Kier molecular flexibility index (Phi) is 4.09. The Morgan fingerprint density at radius 2 is 2.12 bits per heavy atom. The van der Waals surface area contributed by atoms with Crippen LogP contribution in [0.2, 0.25) is 0 Å². The van der Waals surface area contributed by atoms with Crippen molar-refractivity contribution in [3.8, 4) is 11.5 Å². The highest BCUT2D eigenvalue weighted by Gasteiger charge is 2.29. The fraction of sp³-hybridized carbons (Fsp3) is 0.400. The Morgan fingerprint density at radius 1 is 1.31 bits per heavy atom. The third-order valence-corrected chi connectivity index (χ3v) is 6.62. The van der Waals surface area contributed by atoms with Crippen LogP contribution >= 0.6 is 11.3 Å². The summed E-state index contributed by atoms with van der Waals surface area (Å²) in [6.45, 7) is 4.46. The van der Waals surface area contributed by atoms with Gasteiger partial charge in [-0.05, 0) is 25.8 Å². The number of anilines is 1. The lowest BCUT2D eigenvalue weighted by molar-refractivity contribution is 0.113. The average Bonchev–Trinajstić information content (AvgIpc) is 3.25. The number of aryl methyl sites for hydroxylation is 3. The van der Waals surface area contributed by atoms with E-state index in [1.807, 2.05) is 0 Å². The van der Waals surface area contributed by atoms with E-state index in [-0.39, 0.29) is 5.03 Å². The minimum absolute atomic E-state index is 0.0345. The molecular formula is C15H17N5O4S2. The molecule has 0 atom stereocenters. The van der Waals surface area contributed by atoms with Crippen LogP contribution in [-0.2, 0) is 34.8 Å². The van der Waals surface area contributed by atoms with Crippen LogP contribution in [0.1, 0.15) is 22.1 Å². The third-order valence-electron chi connectivity index (χ3n) is 4.15. The zero-order valence-corrected chi connectivity index (χ0v) is 16.1. The van der Waals surface area contributed by atoms with Gasteiger partial charge in [-0.1, -0.05) is 5.16 Å². The predicted octanol–water partition coefficient (Wildman–Crippen LogP) is 2.02. The number of imidazole rings is 1. The number of hydrogen-bond acceptors (Lipinski definition) is 8. The summed E-state index contributed by atoms with van der Waals surface area (Å²) in [5, 5.41) is 4.23. The smallest absolute Gasteiger partial charge is 0.281 e. The molecule has 9 nitrogen and oxygen atoms in total. The molecule has 1 aliphatic rings. The van der Waals surface area contributed by atoms with Gasteiger partial charge in [0.25, 0.3) is 15.9 Å². The summed E-state index contributed by atoms with van der Waals surface area (Å²) >= 11 is 1.32. The van der Waals surface area contributed by atoms with Crippen LogP contribution in [0.3, 0.4) is 0 Å². The van der Waals surface area contributed by atoms with Gasteiger partial charge in [-0.15, -0.1) is 11.3 Å². The Hall–Kier alpha value is -2.24. The molecule has 3 aromatic rings. The number of sulfonamides is 1. The highest BCUT2D eigenvalue weighted by atomic mass is 32.2. The van der Waals surface area contributed by atoms with E-state index >= 15 is 0 Å². The summed E-state index contributed by atoms with van der Waals surface area (Å²) in [6, 6.07) is 0. The maximum Gasteiger partial charge on any atom is 0.281 e. The number of fused-ring (bicyclic) bond motifs is 1. The summed E-state index contributed by atoms with van der Waals surface area (Å²) in [7, 11) is -2.10. The van der Waals surface area contributed by atoms with E-state index in [0.29, 0.717) is 47.7 Å². The first-order valence-corrected chi connectivity index (χ1v) is 10.2. The molecule has 3 aromatic heterocycles. The number of nitrogens with one attached hydrogen (secondary N) is 1. The standard InChI is InChI=1S/C15H17N5O4S2/c1-8-16-14(24-18-8)13-10-4-5-23-7-11(10)25-15(13)19-26(21,22)12-6-20(3)9(2)17-12/h6,19H,4-5,7H2,1-3H3. The molecule has 0 spiro atoms. The normalized spacial score (nSPS) is 14.4. The molecule has 1 N–H and O–H groups in total. The van der Waals surface area contributed by atoms with Crippen LogP contribution < -0.4 is 4.72 Å². The zero-order valence-electron chi connectivity index (χ0n) is 14.4. The molecule has 0 aliphatic carbocycles. The Morgan fingerprint density at radius 3 is 2.77 bits per heavy atom. The molecule has 138 valence electrons. The van der Waals surface area contributed by atoms with Gasteiger partial charge in [-0.3, -0.25) is 4.72 Å². The molecule has 0 aromatic carbocycles. The molecule has 0 radical (unpaired) electrons. The topological polar surface area (TPSA) is 112 Å². The first-order valence-electron chi connectivity index (χ1n) is 7.91. The molecule has 11 heteroatoms. The van der Waals surface area contributed by atoms with E-state index in [0.717, 1.165) is 10.4 Å². The Balaban J connectivity index is 1.80. The van der Waals surface area contributed by atoms with Crippen LogP contribution in [0.25, 0.3) is 11.5 Å². The van der Waals surface area contributed by atoms with Crippen LogP contribution in [0.5, 0.6) is 0 Å². The largest absolute Gasteiger partial charge is 0.376 e. The lowest BCUT2D eigenvalue weighted by Gasteiger charge is -2.12. The average molecular weight is 395 g/mol. The summed E-state index contributed by atoms with van der Waals surface area (Å²) in [4.78, 5) is 9.34. The van der Waals surface area contributed by atoms with Crippen molar-refractivity contribution in [2.45, 2.75) is 31.9 Å².